The molecule has 1 fully saturated rings. The number of halogens is 1. The number of hydrogen-bond acceptors (Lipinski definition) is 7. The van der Waals surface area contributed by atoms with E-state index in [4.69, 9.17) is 25.8 Å². The number of aromatic nitrogens is 1. The van der Waals surface area contributed by atoms with Crippen molar-refractivity contribution < 1.29 is 23.8 Å². The number of β-lactam (4-membered cyclic amide) rings is 1. The number of pyridine rings is 1. The second kappa shape index (κ2) is 10.1. The third-order valence-electron chi connectivity index (χ3n) is 5.78. The molecule has 0 radical (unpaired) electrons. The second-order valence-electron chi connectivity index (χ2n) is 7.76. The van der Waals surface area contributed by atoms with Crippen molar-refractivity contribution >= 4 is 46.1 Å². The fourth-order valence-electron chi connectivity index (χ4n) is 3.98. The number of thioether (sulfide) groups is 1. The van der Waals surface area contributed by atoms with Crippen LogP contribution in [-0.2, 0) is 16.6 Å². The van der Waals surface area contributed by atoms with Gasteiger partial charge in [0.25, 0.3) is 11.5 Å². The van der Waals surface area contributed by atoms with E-state index in [1.165, 1.54) is 44.2 Å². The van der Waals surface area contributed by atoms with Crippen LogP contribution in [0, 0.1) is 0 Å². The number of nitrogens with one attached hydrogen (secondary N) is 1. The van der Waals surface area contributed by atoms with Crippen LogP contribution in [0.1, 0.15) is 11.6 Å². The standard InChI is InChI=1S/C24H24ClN3O6S/c1-27-15-8-6-5-7-14(15)18(11-20(27)30)35-12-19(29)26-28-22(21(25)24(28)31)13-9-16(32-2)23(34-4)17(10-13)33-3/h5-11,21-22H,12H2,1-4H3,(H,26,29)/t21-,22+/m0/s1. The second-order valence-corrected chi connectivity index (χ2v) is 9.25. The zero-order valence-corrected chi connectivity index (χ0v) is 21.1. The number of methoxy groups -OCH3 is 3. The summed E-state index contributed by atoms with van der Waals surface area (Å²) in [4.78, 5) is 38.2. The molecule has 184 valence electrons. The summed E-state index contributed by atoms with van der Waals surface area (Å²) in [6, 6.07) is 11.7. The first-order valence-electron chi connectivity index (χ1n) is 10.6. The number of hydrazine groups is 1. The number of hydrogen-bond donors (Lipinski definition) is 1. The molecule has 1 aromatic heterocycles. The summed E-state index contributed by atoms with van der Waals surface area (Å²) >= 11 is 7.54. The lowest BCUT2D eigenvalue weighted by Crippen LogP contribution is -2.63. The summed E-state index contributed by atoms with van der Waals surface area (Å²) in [6.45, 7) is 0. The SMILES string of the molecule is COc1cc([C@@H]2[C@H](Cl)C(=O)N2NC(=O)CSc2cc(=O)n(C)c3ccccc23)cc(OC)c1OC. The number of amides is 2. The van der Waals surface area contributed by atoms with E-state index in [-0.39, 0.29) is 11.3 Å². The van der Waals surface area contributed by atoms with Crippen molar-refractivity contribution in [2.75, 3.05) is 27.1 Å². The van der Waals surface area contributed by atoms with Crippen LogP contribution < -0.4 is 25.2 Å². The molecular formula is C24H24ClN3O6S. The number of carbonyl (C=O) groups is 2. The zero-order chi connectivity index (χ0) is 25.3. The summed E-state index contributed by atoms with van der Waals surface area (Å²) in [7, 11) is 6.17. The van der Waals surface area contributed by atoms with Crippen molar-refractivity contribution in [1.82, 2.24) is 15.0 Å². The Morgan fingerprint density at radius 1 is 1.06 bits per heavy atom. The molecule has 0 unspecified atom stereocenters. The van der Waals surface area contributed by atoms with E-state index in [9.17, 15) is 14.4 Å². The highest BCUT2D eigenvalue weighted by molar-refractivity contribution is 8.00. The summed E-state index contributed by atoms with van der Waals surface area (Å²) in [6.07, 6.45) is 0. The maximum atomic E-state index is 12.8. The van der Waals surface area contributed by atoms with Gasteiger partial charge in [0.1, 0.15) is 11.4 Å². The Bertz CT molecular complexity index is 1340. The molecule has 1 N–H and O–H groups in total. The minimum Gasteiger partial charge on any atom is -0.493 e. The molecule has 1 aliphatic heterocycles. The Balaban J connectivity index is 1.52. The molecule has 2 heterocycles. The summed E-state index contributed by atoms with van der Waals surface area (Å²) in [5, 5.41) is 1.19. The van der Waals surface area contributed by atoms with Gasteiger partial charge in [0.2, 0.25) is 11.7 Å². The van der Waals surface area contributed by atoms with Crippen LogP contribution in [0.2, 0.25) is 0 Å². The number of ether oxygens (including phenoxy) is 3. The van der Waals surface area contributed by atoms with Crippen molar-refractivity contribution in [3.05, 3.63) is 58.4 Å². The van der Waals surface area contributed by atoms with Gasteiger partial charge in [0, 0.05) is 23.4 Å². The number of aryl methyl sites for hydroxylation is 1. The Labute approximate surface area is 210 Å². The quantitative estimate of drug-likeness (QED) is 0.278. The van der Waals surface area contributed by atoms with Gasteiger partial charge in [-0.05, 0) is 23.8 Å². The lowest BCUT2D eigenvalue weighted by Gasteiger charge is -2.44. The van der Waals surface area contributed by atoms with Gasteiger partial charge in [-0.15, -0.1) is 23.4 Å². The van der Waals surface area contributed by atoms with E-state index in [1.807, 2.05) is 24.3 Å². The Morgan fingerprint density at radius 2 is 1.71 bits per heavy atom. The van der Waals surface area contributed by atoms with Gasteiger partial charge in [-0.1, -0.05) is 18.2 Å². The molecular weight excluding hydrogens is 494 g/mol. The minimum atomic E-state index is -0.869. The number of para-hydroxylation sites is 1. The Hall–Kier alpha value is -3.37. The number of carbonyl (C=O) groups excluding carboxylic acids is 2. The first kappa shape index (κ1) is 24.7. The van der Waals surface area contributed by atoms with Crippen molar-refractivity contribution in [3.63, 3.8) is 0 Å². The lowest BCUT2D eigenvalue weighted by atomic mass is 9.94. The molecule has 0 saturated carbocycles. The topological polar surface area (TPSA) is 99.1 Å². The molecule has 2 aromatic carbocycles. The average Bonchev–Trinajstić information content (AvgIpc) is 2.88. The molecule has 0 bridgehead atoms. The van der Waals surface area contributed by atoms with Gasteiger partial charge in [-0.3, -0.25) is 19.8 Å². The van der Waals surface area contributed by atoms with E-state index in [2.05, 4.69) is 5.43 Å². The number of benzene rings is 2. The van der Waals surface area contributed by atoms with Gasteiger partial charge >= 0.3 is 0 Å². The molecule has 1 saturated heterocycles. The third-order valence-corrected chi connectivity index (χ3v) is 7.26. The molecule has 11 heteroatoms. The Morgan fingerprint density at radius 3 is 2.34 bits per heavy atom. The first-order chi connectivity index (χ1) is 16.8. The first-order valence-corrected chi connectivity index (χ1v) is 12.0. The van der Waals surface area contributed by atoms with Gasteiger partial charge in [0.05, 0.1) is 32.6 Å². The smallest absolute Gasteiger partial charge is 0.262 e. The van der Waals surface area contributed by atoms with Gasteiger partial charge in [-0.2, -0.15) is 0 Å². The summed E-state index contributed by atoms with van der Waals surface area (Å²) in [5.74, 6) is 0.380. The number of rotatable bonds is 8. The van der Waals surface area contributed by atoms with Gasteiger partial charge < -0.3 is 18.8 Å². The van der Waals surface area contributed by atoms with Crippen LogP contribution in [-0.4, -0.2) is 53.8 Å². The zero-order valence-electron chi connectivity index (χ0n) is 19.5. The van der Waals surface area contributed by atoms with Crippen LogP contribution >= 0.6 is 23.4 Å². The highest BCUT2D eigenvalue weighted by atomic mass is 35.5. The maximum absolute atomic E-state index is 12.8. The largest absolute Gasteiger partial charge is 0.493 e. The van der Waals surface area contributed by atoms with Crippen LogP contribution in [0.4, 0.5) is 0 Å². The normalized spacial score (nSPS) is 17.2. The fourth-order valence-corrected chi connectivity index (χ4v) is 5.20. The van der Waals surface area contributed by atoms with E-state index in [0.717, 1.165) is 10.9 Å². The average molecular weight is 518 g/mol. The van der Waals surface area contributed by atoms with E-state index in [0.29, 0.717) is 27.7 Å². The van der Waals surface area contributed by atoms with Crippen molar-refractivity contribution in [2.45, 2.75) is 16.3 Å². The number of fused-ring (bicyclic) bond motifs is 1. The van der Waals surface area contributed by atoms with Crippen LogP contribution in [0.5, 0.6) is 17.2 Å². The van der Waals surface area contributed by atoms with Crippen LogP contribution in [0.25, 0.3) is 10.9 Å². The minimum absolute atomic E-state index is 0.00410. The number of alkyl halides is 1. The third kappa shape index (κ3) is 4.51. The molecule has 4 rings (SSSR count). The van der Waals surface area contributed by atoms with Crippen molar-refractivity contribution in [1.29, 1.82) is 0 Å². The predicted octanol–water partition coefficient (Wildman–Crippen LogP) is 2.88. The van der Waals surface area contributed by atoms with Crippen LogP contribution in [0.15, 0.2) is 52.2 Å². The highest BCUT2D eigenvalue weighted by Gasteiger charge is 2.49. The maximum Gasteiger partial charge on any atom is 0.262 e. The summed E-state index contributed by atoms with van der Waals surface area (Å²) in [5.41, 5.74) is 3.85. The lowest BCUT2D eigenvalue weighted by molar-refractivity contribution is -0.155. The molecule has 0 spiro atoms. The molecule has 2 amide bonds. The molecule has 0 aliphatic carbocycles. The monoisotopic (exact) mass is 517 g/mol. The predicted molar refractivity (Wildman–Crippen MR) is 133 cm³/mol. The van der Waals surface area contributed by atoms with E-state index >= 15 is 0 Å². The number of nitrogens with zero attached hydrogens (tertiary/aromatic N) is 2. The molecule has 3 aromatic rings. The molecule has 9 nitrogen and oxygen atoms in total. The molecule has 1 aliphatic rings. The van der Waals surface area contributed by atoms with E-state index < -0.39 is 23.2 Å². The van der Waals surface area contributed by atoms with Crippen LogP contribution in [0.3, 0.4) is 0 Å². The van der Waals surface area contributed by atoms with Gasteiger partial charge in [-0.25, -0.2) is 5.01 Å². The van der Waals surface area contributed by atoms with Gasteiger partial charge in [0.15, 0.2) is 11.5 Å². The fraction of sp³-hybridized carbons (Fsp3) is 0.292. The van der Waals surface area contributed by atoms with E-state index in [1.54, 1.807) is 23.7 Å². The molecule has 2 atom stereocenters. The molecule has 35 heavy (non-hydrogen) atoms. The Kier molecular flexibility index (Phi) is 7.13. The van der Waals surface area contributed by atoms with Crippen molar-refractivity contribution in [3.8, 4) is 17.2 Å². The van der Waals surface area contributed by atoms with Crippen molar-refractivity contribution in [2.24, 2.45) is 7.05 Å². The highest BCUT2D eigenvalue weighted by Crippen LogP contribution is 2.45. The summed E-state index contributed by atoms with van der Waals surface area (Å²) < 4.78 is 17.7.